The summed E-state index contributed by atoms with van der Waals surface area (Å²) >= 11 is 0. The second-order valence-electron chi connectivity index (χ2n) is 1.22. The molecule has 1 N–H and O–H groups in total. The molecule has 0 heterocycles. The standard InChI is InChI=1S/C6H8O2.Fr/c1-2-3-4-5-6(7)8;/h2-5H,1H3,(H,7,8);/b3-2+,5-4+;. The number of carboxylic acids is 1. The van der Waals surface area contributed by atoms with E-state index < -0.39 is 5.97 Å². The molecule has 0 aromatic carbocycles. The molecule has 0 spiro atoms. The van der Waals surface area contributed by atoms with Crippen LogP contribution in [0.3, 0.4) is 0 Å². The first-order chi connectivity index (χ1) is 3.77. The van der Waals surface area contributed by atoms with Gasteiger partial charge in [-0.1, -0.05) is 18.2 Å². The molecule has 0 bridgehead atoms. The number of rotatable bonds is 2. The van der Waals surface area contributed by atoms with Gasteiger partial charge in [0.25, 0.3) is 0 Å². The zero-order valence-electron chi connectivity index (χ0n) is 5.66. The summed E-state index contributed by atoms with van der Waals surface area (Å²) in [6.45, 7) is 1.83. The van der Waals surface area contributed by atoms with Crippen LogP contribution in [0.15, 0.2) is 24.3 Å². The van der Waals surface area contributed by atoms with Gasteiger partial charge in [0.2, 0.25) is 0 Å². The summed E-state index contributed by atoms with van der Waals surface area (Å²) in [5.74, 6) is -0.914. The van der Waals surface area contributed by atoms with Crippen LogP contribution in [0, 0.1) is 49.9 Å². The summed E-state index contributed by atoms with van der Waals surface area (Å²) in [6.07, 6.45) is 5.98. The molecule has 1 radical (unpaired) electrons. The van der Waals surface area contributed by atoms with Gasteiger partial charge in [-0.2, -0.15) is 0 Å². The summed E-state index contributed by atoms with van der Waals surface area (Å²) in [6, 6.07) is 0. The van der Waals surface area contributed by atoms with Gasteiger partial charge < -0.3 is 5.11 Å². The number of carbonyl (C=O) groups is 1. The van der Waals surface area contributed by atoms with E-state index in [0.29, 0.717) is 0 Å². The maximum absolute atomic E-state index is 9.75. The molecule has 0 rings (SSSR count). The normalized spacial score (nSPS) is 9.89. The summed E-state index contributed by atoms with van der Waals surface area (Å²) < 4.78 is 0. The average Bonchev–Trinajstić information content (AvgIpc) is 1.66. The topological polar surface area (TPSA) is 37.3 Å². The van der Waals surface area contributed by atoms with Crippen molar-refractivity contribution in [3.05, 3.63) is 24.3 Å². The Hall–Kier alpha value is 0.547. The molecule has 0 aliphatic rings. The van der Waals surface area contributed by atoms with E-state index >= 15 is 0 Å². The molecule has 0 aliphatic carbocycles. The summed E-state index contributed by atoms with van der Waals surface area (Å²) in [5.41, 5.74) is 0. The minimum absolute atomic E-state index is 0. The Balaban J connectivity index is 0. The fraction of sp³-hybridized carbons (Fsp3) is 0.167. The summed E-state index contributed by atoms with van der Waals surface area (Å²) in [7, 11) is 0. The first-order valence-corrected chi connectivity index (χ1v) is 2.29. The fourth-order valence-electron chi connectivity index (χ4n) is 0.249. The van der Waals surface area contributed by atoms with Crippen LogP contribution in [-0.4, -0.2) is 11.1 Å². The molecular weight excluding hydrogens is 327 g/mol. The molecule has 0 aromatic heterocycles. The van der Waals surface area contributed by atoms with Crippen molar-refractivity contribution in [3.63, 3.8) is 0 Å². The van der Waals surface area contributed by atoms with Crippen LogP contribution in [0.5, 0.6) is 0 Å². The van der Waals surface area contributed by atoms with Crippen molar-refractivity contribution in [3.8, 4) is 0 Å². The van der Waals surface area contributed by atoms with E-state index in [1.54, 1.807) is 12.2 Å². The van der Waals surface area contributed by atoms with Crippen molar-refractivity contribution >= 4 is 5.97 Å². The minimum atomic E-state index is -0.914. The zero-order valence-corrected chi connectivity index (χ0v) is 13.9. The van der Waals surface area contributed by atoms with E-state index in [-0.39, 0.29) is 49.9 Å². The zero-order chi connectivity index (χ0) is 6.41. The molecule has 45 valence electrons. The van der Waals surface area contributed by atoms with Crippen LogP contribution >= 0.6 is 0 Å². The van der Waals surface area contributed by atoms with Crippen LogP contribution in [0.25, 0.3) is 0 Å². The first kappa shape index (κ1) is 12.2. The molecule has 0 saturated carbocycles. The van der Waals surface area contributed by atoms with Crippen LogP contribution in [0.2, 0.25) is 0 Å². The summed E-state index contributed by atoms with van der Waals surface area (Å²) in [5, 5.41) is 8.02. The Morgan fingerprint density at radius 2 is 2.00 bits per heavy atom. The van der Waals surface area contributed by atoms with Crippen molar-refractivity contribution in [2.24, 2.45) is 0 Å². The maximum Gasteiger partial charge on any atom is 0.328 e. The van der Waals surface area contributed by atoms with Gasteiger partial charge in [-0.05, 0) is 6.92 Å². The number of carboxylic acid groups (broad SMARTS) is 1. The van der Waals surface area contributed by atoms with Crippen LogP contribution in [-0.2, 0) is 4.79 Å². The SMILES string of the molecule is C/C=C/C=C/C(=O)O.[Fr]. The van der Waals surface area contributed by atoms with Gasteiger partial charge in [-0.3, -0.25) is 0 Å². The predicted octanol–water partition coefficient (Wildman–Crippen LogP) is 1.20. The fourth-order valence-corrected chi connectivity index (χ4v) is 0.249. The third kappa shape index (κ3) is 11.9. The molecule has 0 aliphatic heterocycles. The van der Waals surface area contributed by atoms with Gasteiger partial charge in [0.05, 0.1) is 0 Å². The van der Waals surface area contributed by atoms with Gasteiger partial charge in [0.15, 0.2) is 0 Å². The molecule has 0 aromatic rings. The van der Waals surface area contributed by atoms with Gasteiger partial charge in [0, 0.05) is 56.0 Å². The van der Waals surface area contributed by atoms with Gasteiger partial charge >= 0.3 is 5.97 Å². The van der Waals surface area contributed by atoms with Gasteiger partial charge in [-0.15, -0.1) is 0 Å². The molecule has 0 amide bonds. The summed E-state index contributed by atoms with van der Waals surface area (Å²) in [4.78, 5) is 9.75. The van der Waals surface area contributed by atoms with E-state index in [1.165, 1.54) is 6.08 Å². The molecule has 3 heteroatoms. The van der Waals surface area contributed by atoms with E-state index in [0.717, 1.165) is 6.08 Å². The molecular formula is C6H8FrO2. The monoisotopic (exact) mass is 335 g/mol. The molecule has 0 atom stereocenters. The second-order valence-corrected chi connectivity index (χ2v) is 1.22. The van der Waals surface area contributed by atoms with Crippen molar-refractivity contribution in [1.82, 2.24) is 0 Å². The Kier molecular flexibility index (Phi) is 11.6. The van der Waals surface area contributed by atoms with Crippen LogP contribution in [0.4, 0.5) is 0 Å². The average molecular weight is 335 g/mol. The van der Waals surface area contributed by atoms with Crippen molar-refractivity contribution < 1.29 is 59.8 Å². The Morgan fingerprint density at radius 3 is 2.33 bits per heavy atom. The van der Waals surface area contributed by atoms with E-state index in [1.807, 2.05) is 6.92 Å². The third-order valence-electron chi connectivity index (χ3n) is 0.542. The maximum atomic E-state index is 9.75. The minimum Gasteiger partial charge on any atom is -0.478 e. The molecule has 0 fully saturated rings. The molecule has 2 nitrogen and oxygen atoms in total. The number of hydrogen-bond acceptors (Lipinski definition) is 1. The van der Waals surface area contributed by atoms with Crippen LogP contribution in [0.1, 0.15) is 6.92 Å². The Bertz CT molecular complexity index is 127. The number of hydrogen-bond donors (Lipinski definition) is 1. The van der Waals surface area contributed by atoms with E-state index in [4.69, 9.17) is 5.11 Å². The third-order valence-corrected chi connectivity index (χ3v) is 0.542. The van der Waals surface area contributed by atoms with E-state index in [9.17, 15) is 4.79 Å². The molecule has 9 heavy (non-hydrogen) atoms. The van der Waals surface area contributed by atoms with Crippen molar-refractivity contribution in [2.75, 3.05) is 0 Å². The Morgan fingerprint density at radius 1 is 1.44 bits per heavy atom. The van der Waals surface area contributed by atoms with Gasteiger partial charge in [0.1, 0.15) is 0 Å². The van der Waals surface area contributed by atoms with E-state index in [2.05, 4.69) is 0 Å². The van der Waals surface area contributed by atoms with Crippen LogP contribution < -0.4 is 0 Å². The number of aliphatic carboxylic acids is 1. The second kappa shape index (κ2) is 8.55. The largest absolute Gasteiger partial charge is 0.478 e. The molecule has 0 unspecified atom stereocenters. The Labute approximate surface area is 95.6 Å². The first-order valence-electron chi connectivity index (χ1n) is 2.29. The smallest absolute Gasteiger partial charge is 0.328 e. The van der Waals surface area contributed by atoms with Gasteiger partial charge in [-0.25, -0.2) is 4.79 Å². The molecule has 0 saturated heterocycles. The van der Waals surface area contributed by atoms with Crippen molar-refractivity contribution in [1.29, 1.82) is 0 Å². The quantitative estimate of drug-likeness (QED) is 0.608. The number of allylic oxidation sites excluding steroid dienone is 3. The van der Waals surface area contributed by atoms with Crippen molar-refractivity contribution in [2.45, 2.75) is 6.92 Å². The predicted molar refractivity (Wildman–Crippen MR) is 31.6 cm³/mol.